The van der Waals surface area contributed by atoms with Crippen molar-refractivity contribution in [3.63, 3.8) is 0 Å². The Bertz CT molecular complexity index is 937. The molecule has 0 unspecified atom stereocenters. The van der Waals surface area contributed by atoms with Crippen molar-refractivity contribution in [2.75, 3.05) is 43.4 Å². The molecule has 3 N–H and O–H groups in total. The van der Waals surface area contributed by atoms with Gasteiger partial charge in [-0.1, -0.05) is 30.3 Å². The topological polar surface area (TPSA) is 102 Å². The highest BCUT2D eigenvalue weighted by Gasteiger charge is 2.21. The van der Waals surface area contributed by atoms with Crippen molar-refractivity contribution in [1.29, 1.82) is 0 Å². The maximum atomic E-state index is 12.6. The van der Waals surface area contributed by atoms with Crippen LogP contribution in [0.5, 0.6) is 0 Å². The lowest BCUT2D eigenvalue weighted by Gasteiger charge is -2.34. The summed E-state index contributed by atoms with van der Waals surface area (Å²) in [5.41, 5.74) is 3.29. The molecule has 1 fully saturated rings. The molecular formula is C24H30N4O4. The maximum absolute atomic E-state index is 12.6. The number of aliphatic carboxylic acids is 1. The van der Waals surface area contributed by atoms with Crippen molar-refractivity contribution in [3.8, 4) is 0 Å². The van der Waals surface area contributed by atoms with Gasteiger partial charge in [-0.3, -0.25) is 14.5 Å². The fourth-order valence-corrected chi connectivity index (χ4v) is 3.66. The van der Waals surface area contributed by atoms with Crippen LogP contribution in [0.2, 0.25) is 0 Å². The van der Waals surface area contributed by atoms with E-state index in [0.717, 1.165) is 36.4 Å². The third-order valence-electron chi connectivity index (χ3n) is 5.55. The van der Waals surface area contributed by atoms with Crippen LogP contribution in [0, 0.1) is 6.92 Å². The minimum Gasteiger partial charge on any atom is -0.481 e. The van der Waals surface area contributed by atoms with Crippen molar-refractivity contribution in [1.82, 2.24) is 9.80 Å². The zero-order chi connectivity index (χ0) is 22.9. The van der Waals surface area contributed by atoms with E-state index in [0.29, 0.717) is 31.6 Å². The molecule has 2 aromatic carbocycles. The van der Waals surface area contributed by atoms with Gasteiger partial charge in [0.2, 0.25) is 5.91 Å². The second-order valence-electron chi connectivity index (χ2n) is 7.99. The van der Waals surface area contributed by atoms with Gasteiger partial charge in [-0.15, -0.1) is 0 Å². The molecule has 1 heterocycles. The first-order valence-electron chi connectivity index (χ1n) is 10.9. The number of anilines is 2. The summed E-state index contributed by atoms with van der Waals surface area (Å²) in [5, 5.41) is 14.4. The number of urea groups is 1. The number of hydrogen-bond acceptors (Lipinski definition) is 4. The quantitative estimate of drug-likeness (QED) is 0.588. The molecule has 170 valence electrons. The maximum Gasteiger partial charge on any atom is 0.323 e. The summed E-state index contributed by atoms with van der Waals surface area (Å²) in [5.74, 6) is -0.694. The number of rotatable bonds is 8. The third-order valence-corrected chi connectivity index (χ3v) is 5.55. The van der Waals surface area contributed by atoms with Gasteiger partial charge in [-0.25, -0.2) is 4.79 Å². The first kappa shape index (κ1) is 23.3. The van der Waals surface area contributed by atoms with E-state index in [1.54, 1.807) is 12.1 Å². The fourth-order valence-electron chi connectivity index (χ4n) is 3.66. The molecule has 8 heteroatoms. The molecule has 1 saturated heterocycles. The number of carboxylic acids is 1. The minimum atomic E-state index is -0.771. The van der Waals surface area contributed by atoms with Crippen LogP contribution < -0.4 is 10.6 Å². The molecular weight excluding hydrogens is 408 g/mol. The number of carboxylic acid groups (broad SMARTS) is 1. The first-order valence-corrected chi connectivity index (χ1v) is 10.9. The van der Waals surface area contributed by atoms with Gasteiger partial charge in [0.25, 0.3) is 0 Å². The molecule has 32 heavy (non-hydrogen) atoms. The molecule has 3 amide bonds. The van der Waals surface area contributed by atoms with Gasteiger partial charge in [0.05, 0.1) is 6.42 Å². The molecule has 0 bridgehead atoms. The summed E-state index contributed by atoms with van der Waals surface area (Å²) in [6.45, 7) is 5.53. The van der Waals surface area contributed by atoms with Gasteiger partial charge in [0.1, 0.15) is 0 Å². The van der Waals surface area contributed by atoms with Gasteiger partial charge < -0.3 is 20.6 Å². The number of nitrogens with zero attached hydrogens (tertiary/aromatic N) is 2. The van der Waals surface area contributed by atoms with Crippen LogP contribution in [-0.4, -0.2) is 65.5 Å². The number of nitrogens with one attached hydrogen (secondary N) is 2. The van der Waals surface area contributed by atoms with Crippen LogP contribution in [-0.2, 0) is 16.0 Å². The van der Waals surface area contributed by atoms with E-state index in [-0.39, 0.29) is 18.4 Å². The smallest absolute Gasteiger partial charge is 0.323 e. The van der Waals surface area contributed by atoms with Crippen LogP contribution >= 0.6 is 0 Å². The molecule has 1 aliphatic heterocycles. The predicted octanol–water partition coefficient (Wildman–Crippen LogP) is 3.19. The highest BCUT2D eigenvalue weighted by molar-refractivity contribution is 6.00. The lowest BCUT2D eigenvalue weighted by molar-refractivity contribution is -0.137. The highest BCUT2D eigenvalue weighted by Crippen LogP contribution is 2.15. The van der Waals surface area contributed by atoms with E-state index in [1.807, 2.05) is 48.2 Å². The first-order chi connectivity index (χ1) is 15.4. The lowest BCUT2D eigenvalue weighted by atomic mass is 10.1. The number of hydrogen-bond donors (Lipinski definition) is 3. The zero-order valence-corrected chi connectivity index (χ0v) is 18.3. The Kier molecular flexibility index (Phi) is 8.21. The number of carbonyl (C=O) groups is 3. The monoisotopic (exact) mass is 438 g/mol. The Morgan fingerprint density at radius 2 is 1.62 bits per heavy atom. The van der Waals surface area contributed by atoms with Gasteiger partial charge in [-0.2, -0.15) is 0 Å². The molecule has 8 nitrogen and oxygen atoms in total. The molecule has 3 rings (SSSR count). The van der Waals surface area contributed by atoms with Crippen molar-refractivity contribution < 1.29 is 19.5 Å². The number of amides is 3. The van der Waals surface area contributed by atoms with E-state index in [1.165, 1.54) is 0 Å². The second kappa shape index (κ2) is 11.3. The summed E-state index contributed by atoms with van der Waals surface area (Å²) >= 11 is 0. The van der Waals surface area contributed by atoms with Crippen LogP contribution in [0.3, 0.4) is 0 Å². The van der Waals surface area contributed by atoms with Gasteiger partial charge in [0.15, 0.2) is 0 Å². The SMILES string of the molecule is Cc1ccccc1NC(=O)Nc1ccc(CC(=O)N2CCN(CCCC(=O)O)CC2)cc1. The molecule has 1 aliphatic rings. The van der Waals surface area contributed by atoms with Crippen molar-refractivity contribution in [2.24, 2.45) is 0 Å². The van der Waals surface area contributed by atoms with Gasteiger partial charge in [0, 0.05) is 44.0 Å². The van der Waals surface area contributed by atoms with E-state index >= 15 is 0 Å². The fraction of sp³-hybridized carbons (Fsp3) is 0.375. The Hall–Kier alpha value is -3.39. The molecule has 0 aromatic heterocycles. The highest BCUT2D eigenvalue weighted by atomic mass is 16.4. The van der Waals surface area contributed by atoms with Gasteiger partial charge >= 0.3 is 12.0 Å². The molecule has 0 saturated carbocycles. The number of para-hydroxylation sites is 1. The molecule has 0 spiro atoms. The Morgan fingerprint density at radius 3 is 2.28 bits per heavy atom. The predicted molar refractivity (Wildman–Crippen MR) is 124 cm³/mol. The molecule has 0 atom stereocenters. The van der Waals surface area contributed by atoms with Crippen molar-refractivity contribution in [2.45, 2.75) is 26.2 Å². The Labute approximate surface area is 188 Å². The number of benzene rings is 2. The summed E-state index contributed by atoms with van der Waals surface area (Å²) in [6, 6.07) is 14.5. The average Bonchev–Trinajstić information content (AvgIpc) is 2.77. The van der Waals surface area contributed by atoms with E-state index in [2.05, 4.69) is 15.5 Å². The van der Waals surface area contributed by atoms with Crippen LogP contribution in [0.25, 0.3) is 0 Å². The number of piperazine rings is 1. The number of carbonyl (C=O) groups excluding carboxylic acids is 2. The summed E-state index contributed by atoms with van der Waals surface area (Å²) in [6.07, 6.45) is 1.12. The summed E-state index contributed by atoms with van der Waals surface area (Å²) in [4.78, 5) is 39.5. The lowest BCUT2D eigenvalue weighted by Crippen LogP contribution is -2.49. The minimum absolute atomic E-state index is 0.0770. The number of aryl methyl sites for hydroxylation is 1. The largest absolute Gasteiger partial charge is 0.481 e. The Balaban J connectivity index is 1.42. The Morgan fingerprint density at radius 1 is 0.938 bits per heavy atom. The molecule has 0 radical (unpaired) electrons. The van der Waals surface area contributed by atoms with Crippen LogP contribution in [0.4, 0.5) is 16.2 Å². The molecule has 2 aromatic rings. The van der Waals surface area contributed by atoms with E-state index in [9.17, 15) is 14.4 Å². The summed E-state index contributed by atoms with van der Waals surface area (Å²) < 4.78 is 0. The van der Waals surface area contributed by atoms with Crippen molar-refractivity contribution in [3.05, 3.63) is 59.7 Å². The zero-order valence-electron chi connectivity index (χ0n) is 18.3. The second-order valence-corrected chi connectivity index (χ2v) is 7.99. The normalized spacial score (nSPS) is 14.1. The van der Waals surface area contributed by atoms with Crippen LogP contribution in [0.1, 0.15) is 24.0 Å². The van der Waals surface area contributed by atoms with Crippen LogP contribution in [0.15, 0.2) is 48.5 Å². The van der Waals surface area contributed by atoms with Crippen molar-refractivity contribution >= 4 is 29.3 Å². The molecule has 0 aliphatic carbocycles. The van der Waals surface area contributed by atoms with E-state index < -0.39 is 5.97 Å². The van der Waals surface area contributed by atoms with E-state index in [4.69, 9.17) is 5.11 Å². The van der Waals surface area contributed by atoms with Gasteiger partial charge in [-0.05, 0) is 49.2 Å². The third kappa shape index (κ3) is 7.09. The summed E-state index contributed by atoms with van der Waals surface area (Å²) in [7, 11) is 0. The standard InChI is InChI=1S/C24H30N4O4/c1-18-5-2-3-6-21(18)26-24(32)25-20-10-8-19(9-11-20)17-22(29)28-15-13-27(14-16-28)12-4-7-23(30)31/h2-3,5-6,8-11H,4,7,12-17H2,1H3,(H,30,31)(H2,25,26,32). The average molecular weight is 439 g/mol.